The van der Waals surface area contributed by atoms with Crippen molar-refractivity contribution in [3.8, 4) is 24.2 Å². The van der Waals surface area contributed by atoms with Crippen LogP contribution in [0.5, 0.6) is 0 Å². The van der Waals surface area contributed by atoms with Crippen LogP contribution in [-0.4, -0.2) is 49.6 Å². The van der Waals surface area contributed by atoms with E-state index in [1.807, 2.05) is 59.0 Å². The van der Waals surface area contributed by atoms with E-state index in [1.54, 1.807) is 12.5 Å². The van der Waals surface area contributed by atoms with Gasteiger partial charge in [-0.3, -0.25) is 5.10 Å². The Morgan fingerprint density at radius 1 is 0.780 bits per heavy atom. The minimum atomic E-state index is 0. The minimum absolute atomic E-state index is 0. The second-order valence-corrected chi connectivity index (χ2v) is 26.7. The van der Waals surface area contributed by atoms with E-state index in [9.17, 15) is 0 Å². The van der Waals surface area contributed by atoms with Gasteiger partial charge in [0.2, 0.25) is 0 Å². The number of H-pyrrole nitrogens is 1. The predicted octanol–water partition coefficient (Wildman–Crippen LogP) is 13.4. The molecule has 3 aromatic carbocycles. The third-order valence-electron chi connectivity index (χ3n) is 8.85. The maximum absolute atomic E-state index is 5.80. The van der Waals surface area contributed by atoms with Crippen LogP contribution in [-0.2, 0) is 42.2 Å². The Morgan fingerprint density at radius 3 is 1.85 bits per heavy atom. The summed E-state index contributed by atoms with van der Waals surface area (Å²) in [6.45, 7) is 6.61. The smallest absolute Gasteiger partial charge is 0 e. The molecule has 0 spiro atoms. The molecule has 9 nitrogen and oxygen atoms in total. The zero-order valence-electron chi connectivity index (χ0n) is 33.4. The number of benzene rings is 3. The molecule has 15 heteroatoms. The maximum Gasteiger partial charge on any atom is 0 e. The van der Waals surface area contributed by atoms with Gasteiger partial charge in [0.15, 0.2) is 12.5 Å². The number of aromatic nitrogens is 6. The van der Waals surface area contributed by atoms with Gasteiger partial charge in [-0.25, -0.2) is 9.36 Å². The number of rotatable bonds is 2. The van der Waals surface area contributed by atoms with Crippen molar-refractivity contribution >= 4 is 105 Å². The number of hydrogen-bond donors (Lipinski definition) is 1. The molecule has 0 saturated carbocycles. The van der Waals surface area contributed by atoms with Crippen molar-refractivity contribution in [1.82, 2.24) is 29.8 Å². The van der Waals surface area contributed by atoms with Crippen LogP contribution in [0.4, 0.5) is 0 Å². The van der Waals surface area contributed by atoms with E-state index in [0.717, 1.165) is 99.1 Å². The number of nitrogens with zero attached hydrogens (tertiary/aromatic N) is 5. The van der Waals surface area contributed by atoms with Gasteiger partial charge >= 0.3 is 49.4 Å². The number of ether oxygens (including phenoxy) is 3. The molecule has 312 valence electrons. The second kappa shape index (κ2) is 30.3. The standard InChI is InChI=1S/C16H18N2O.C12H13BrN2O.C7H5BrN2.C5H8O.C4H6.2HI.2V/c1-2-3-6-13-8-9-15-14(11-13)12-17-18(15)16-7-4-5-10-19-16;13-10-4-5-11-9(7-10)8-14-15(11)12-3-1-2-6-16-12;8-6-1-2-7-5(3-6)4-9-10-7;1-2-4-6-5-3-1;1-3-4-2;;;;/h8-9,11-12,16H,2,4-5,7,10H2,1H3;4-5,7-8,12H,1-3,6H2;1-4H,(H,9,10);2,4H,1,3,5H2;1H,4H2,2H3;2*1H;;/q;;;;;;;;+2/p-2. The van der Waals surface area contributed by atoms with Crippen molar-refractivity contribution in [2.75, 3.05) is 19.8 Å². The van der Waals surface area contributed by atoms with E-state index in [0.29, 0.717) is 9.47 Å². The Balaban J connectivity index is 0.000000209. The molecule has 6 heterocycles. The summed E-state index contributed by atoms with van der Waals surface area (Å²) >= 11 is 11.6. The predicted molar refractivity (Wildman–Crippen MR) is 257 cm³/mol. The monoisotopic (exact) mass is 1220 g/mol. The molecule has 1 radical (unpaired) electrons. The number of nitrogens with one attached hydrogen (secondary N) is 1. The zero-order valence-corrected chi connectivity index (χ0v) is 43.7. The number of allylic oxidation sites excluding steroid dienone is 1. The summed E-state index contributed by atoms with van der Waals surface area (Å²) < 4.78 is 22.6. The quantitative estimate of drug-likeness (QED) is 0.137. The fourth-order valence-electron chi connectivity index (χ4n) is 6.04. The summed E-state index contributed by atoms with van der Waals surface area (Å²) in [5.41, 5.74) is 4.41. The molecule has 0 bridgehead atoms. The number of terminal acetylenes is 1. The van der Waals surface area contributed by atoms with Gasteiger partial charge in [-0.05, 0) is 112 Å². The molecule has 3 aliphatic rings. The summed E-state index contributed by atoms with van der Waals surface area (Å²) in [5, 5.41) is 19.1. The molecule has 2 atom stereocenters. The van der Waals surface area contributed by atoms with Crippen LogP contribution in [0.2, 0.25) is 0 Å². The Hall–Kier alpha value is -1.76. The SMILES string of the molecule is Brc1ccc2[nH]ncc2c1.Brc1ccc2c(cnn2C2CCCCO2)c1.C#CCC.C1=COCCC1.CCC#Cc1ccc2c(cnn2C2CCCCO2)c1.[I][V][I].[V]. The topological polar surface area (TPSA) is 92.0 Å². The van der Waals surface area contributed by atoms with Crippen molar-refractivity contribution in [3.63, 3.8) is 0 Å². The van der Waals surface area contributed by atoms with Crippen molar-refractivity contribution < 1.29 is 42.2 Å². The van der Waals surface area contributed by atoms with E-state index in [2.05, 4.69) is 147 Å². The van der Waals surface area contributed by atoms with E-state index in [1.165, 1.54) is 32.1 Å². The molecule has 2 fully saturated rings. The van der Waals surface area contributed by atoms with E-state index < -0.39 is 0 Å². The Labute approximate surface area is 406 Å². The first kappa shape index (κ1) is 51.6. The molecule has 3 aromatic heterocycles. The molecular weight excluding hydrogens is 1180 g/mol. The molecule has 1 N–H and O–H groups in total. The van der Waals surface area contributed by atoms with Crippen LogP contribution in [0, 0.1) is 24.2 Å². The molecule has 0 amide bonds. The number of halogens is 4. The Bertz CT molecular complexity index is 2230. The van der Waals surface area contributed by atoms with Crippen LogP contribution in [0.1, 0.15) is 96.1 Å². The van der Waals surface area contributed by atoms with Gasteiger partial charge in [-0.15, -0.1) is 12.3 Å². The summed E-state index contributed by atoms with van der Waals surface area (Å²) in [6.07, 6.45) is 25.4. The normalized spacial score (nSPS) is 16.4. The van der Waals surface area contributed by atoms with Crippen molar-refractivity contribution in [2.45, 2.75) is 90.5 Å². The molecule has 6 aromatic rings. The second-order valence-electron chi connectivity index (χ2n) is 13.1. The van der Waals surface area contributed by atoms with Crippen LogP contribution in [0.3, 0.4) is 0 Å². The molecule has 2 saturated heterocycles. The largest absolute Gasteiger partial charge is 0 e. The average Bonchev–Trinajstić information content (AvgIpc) is 4.04. The van der Waals surface area contributed by atoms with Crippen molar-refractivity contribution in [2.24, 2.45) is 0 Å². The number of hydrogen-bond acceptors (Lipinski definition) is 6. The summed E-state index contributed by atoms with van der Waals surface area (Å²) in [7, 11) is 0.628. The van der Waals surface area contributed by atoms with Gasteiger partial charge in [0.05, 0.1) is 48.0 Å². The zero-order chi connectivity index (χ0) is 41.4. The van der Waals surface area contributed by atoms with Gasteiger partial charge in [0, 0.05) is 75.3 Å². The van der Waals surface area contributed by atoms with Crippen LogP contribution < -0.4 is 0 Å². The summed E-state index contributed by atoms with van der Waals surface area (Å²) in [6, 6.07) is 18.5. The van der Waals surface area contributed by atoms with Gasteiger partial charge in [0.1, 0.15) is 0 Å². The van der Waals surface area contributed by atoms with Gasteiger partial charge in [0.25, 0.3) is 0 Å². The molecule has 9 rings (SSSR count). The first-order valence-electron chi connectivity index (χ1n) is 19.4. The van der Waals surface area contributed by atoms with E-state index in [-0.39, 0.29) is 31.0 Å². The van der Waals surface area contributed by atoms with Crippen LogP contribution in [0.15, 0.2) is 94.5 Å². The Kier molecular flexibility index (Phi) is 26.5. The van der Waals surface area contributed by atoms with Crippen molar-refractivity contribution in [1.29, 1.82) is 0 Å². The van der Waals surface area contributed by atoms with E-state index >= 15 is 0 Å². The maximum atomic E-state index is 5.80. The van der Waals surface area contributed by atoms with Gasteiger partial charge in [-0.1, -0.05) is 57.5 Å². The fourth-order valence-corrected chi connectivity index (χ4v) is 6.80. The molecule has 2 unspecified atom stereocenters. The van der Waals surface area contributed by atoms with E-state index in [4.69, 9.17) is 20.6 Å². The minimum Gasteiger partial charge on any atom is 0 e. The first-order valence-corrected chi connectivity index (χ1v) is 30.0. The van der Waals surface area contributed by atoms with Gasteiger partial charge < -0.3 is 14.2 Å². The number of fused-ring (bicyclic) bond motifs is 3. The number of aromatic amines is 1. The fraction of sp³-hybridized carbons (Fsp3) is 0.386. The van der Waals surface area contributed by atoms with Crippen LogP contribution >= 0.6 is 71.8 Å². The first-order chi connectivity index (χ1) is 28.4. The molecular formula is C44H50Br2I2N6O3V2. The molecule has 59 heavy (non-hydrogen) atoms. The average molecular weight is 1230 g/mol. The summed E-state index contributed by atoms with van der Waals surface area (Å²) in [4.78, 5) is 0. The third-order valence-corrected chi connectivity index (χ3v) is 9.84. The Morgan fingerprint density at radius 2 is 1.36 bits per heavy atom. The van der Waals surface area contributed by atoms with Gasteiger partial charge in [-0.2, -0.15) is 15.3 Å². The third kappa shape index (κ3) is 17.9. The van der Waals surface area contributed by atoms with Crippen molar-refractivity contribution in [3.05, 3.63) is 100 Å². The van der Waals surface area contributed by atoms with Crippen LogP contribution in [0.25, 0.3) is 32.7 Å². The molecule has 3 aliphatic heterocycles. The molecule has 0 aliphatic carbocycles. The summed E-state index contributed by atoms with van der Waals surface area (Å²) in [5.74, 6) is 8.69.